The maximum absolute atomic E-state index is 3.74. The highest BCUT2D eigenvalue weighted by atomic mass is 14.9. The molecule has 2 N–H and O–H groups in total. The maximum Gasteiger partial charge on any atom is -0.000827 e. The fourth-order valence-electron chi connectivity index (χ4n) is 4.35. The summed E-state index contributed by atoms with van der Waals surface area (Å²) in [5.41, 5.74) is 4.36. The maximum atomic E-state index is 3.74. The van der Waals surface area contributed by atoms with Crippen molar-refractivity contribution in [2.75, 3.05) is 26.2 Å². The molecule has 0 saturated heterocycles. The summed E-state index contributed by atoms with van der Waals surface area (Å²) in [6.07, 6.45) is 9.76. The van der Waals surface area contributed by atoms with Crippen LogP contribution in [0, 0.1) is 5.92 Å². The number of hydrogen-bond donors (Lipinski definition) is 2. The highest BCUT2D eigenvalue weighted by Gasteiger charge is 2.09. The third-order valence-electron chi connectivity index (χ3n) is 6.37. The van der Waals surface area contributed by atoms with Crippen molar-refractivity contribution in [2.45, 2.75) is 51.4 Å². The van der Waals surface area contributed by atoms with E-state index in [0.29, 0.717) is 5.92 Å². The van der Waals surface area contributed by atoms with Crippen molar-refractivity contribution in [3.8, 4) is 0 Å². The van der Waals surface area contributed by atoms with Crippen molar-refractivity contribution in [3.63, 3.8) is 0 Å². The van der Waals surface area contributed by atoms with Crippen LogP contribution in [0.4, 0.5) is 0 Å². The van der Waals surface area contributed by atoms with Crippen LogP contribution in [0.2, 0.25) is 0 Å². The number of nitrogens with one attached hydrogen (secondary N) is 2. The fraction of sp³-hybridized carbons (Fsp3) is 0.419. The van der Waals surface area contributed by atoms with Gasteiger partial charge in [-0.2, -0.15) is 0 Å². The Hall–Kier alpha value is -2.42. The topological polar surface area (TPSA) is 24.1 Å². The molecular formula is C31H42N2. The molecule has 0 amide bonds. The van der Waals surface area contributed by atoms with Crippen LogP contribution >= 0.6 is 0 Å². The van der Waals surface area contributed by atoms with E-state index in [1.807, 2.05) is 0 Å². The van der Waals surface area contributed by atoms with Gasteiger partial charge in [-0.3, -0.25) is 0 Å². The van der Waals surface area contributed by atoms with Crippen LogP contribution in [0.3, 0.4) is 0 Å². The summed E-state index contributed by atoms with van der Waals surface area (Å²) in [7, 11) is 0. The molecule has 3 aromatic rings. The minimum Gasteiger partial charge on any atom is -0.316 e. The van der Waals surface area contributed by atoms with Crippen molar-refractivity contribution in [1.29, 1.82) is 0 Å². The highest BCUT2D eigenvalue weighted by molar-refractivity contribution is 5.16. The summed E-state index contributed by atoms with van der Waals surface area (Å²) in [6.45, 7) is 4.45. The molecule has 3 rings (SSSR count). The molecule has 2 nitrogen and oxygen atoms in total. The van der Waals surface area contributed by atoms with E-state index >= 15 is 0 Å². The Labute approximate surface area is 201 Å². The minimum absolute atomic E-state index is 0.674. The number of aryl methyl sites for hydroxylation is 3. The first-order valence-corrected chi connectivity index (χ1v) is 12.9. The van der Waals surface area contributed by atoms with Gasteiger partial charge in [0, 0.05) is 0 Å². The van der Waals surface area contributed by atoms with Gasteiger partial charge in [0.15, 0.2) is 0 Å². The van der Waals surface area contributed by atoms with Crippen molar-refractivity contribution in [2.24, 2.45) is 5.92 Å². The molecule has 0 spiro atoms. The largest absolute Gasteiger partial charge is 0.316 e. The number of unbranched alkanes of at least 4 members (excludes halogenated alkanes) is 2. The minimum atomic E-state index is 0.674. The first kappa shape index (κ1) is 25.2. The average molecular weight is 443 g/mol. The lowest BCUT2D eigenvalue weighted by atomic mass is 9.99. The SMILES string of the molecule is c1ccc(CCCCNCC(CCc2ccccc2)CNCCCCc2ccccc2)cc1. The molecule has 0 saturated carbocycles. The Kier molecular flexibility index (Phi) is 12.4. The van der Waals surface area contributed by atoms with Gasteiger partial charge in [-0.05, 0) is 100 Å². The third kappa shape index (κ3) is 11.3. The van der Waals surface area contributed by atoms with Gasteiger partial charge in [0.1, 0.15) is 0 Å². The Morgan fingerprint density at radius 2 is 0.848 bits per heavy atom. The molecule has 0 aliphatic rings. The van der Waals surface area contributed by atoms with E-state index < -0.39 is 0 Å². The van der Waals surface area contributed by atoms with Gasteiger partial charge in [-0.1, -0.05) is 91.0 Å². The van der Waals surface area contributed by atoms with E-state index in [1.54, 1.807) is 0 Å². The third-order valence-corrected chi connectivity index (χ3v) is 6.37. The summed E-state index contributed by atoms with van der Waals surface area (Å²) in [5.74, 6) is 0.674. The van der Waals surface area contributed by atoms with Gasteiger partial charge >= 0.3 is 0 Å². The van der Waals surface area contributed by atoms with E-state index in [2.05, 4.69) is 102 Å². The molecule has 0 aliphatic heterocycles. The van der Waals surface area contributed by atoms with E-state index in [4.69, 9.17) is 0 Å². The zero-order valence-electron chi connectivity index (χ0n) is 20.2. The number of benzene rings is 3. The monoisotopic (exact) mass is 442 g/mol. The molecule has 33 heavy (non-hydrogen) atoms. The first-order chi connectivity index (χ1) is 16.4. The molecular weight excluding hydrogens is 400 g/mol. The van der Waals surface area contributed by atoms with Gasteiger partial charge in [-0.25, -0.2) is 0 Å². The molecule has 0 unspecified atom stereocenters. The lowest BCUT2D eigenvalue weighted by Crippen LogP contribution is -2.32. The molecule has 0 aromatic heterocycles. The fourth-order valence-corrected chi connectivity index (χ4v) is 4.35. The quantitative estimate of drug-likeness (QED) is 0.234. The summed E-state index contributed by atoms with van der Waals surface area (Å²) >= 11 is 0. The lowest BCUT2D eigenvalue weighted by molar-refractivity contribution is 0.412. The van der Waals surface area contributed by atoms with E-state index in [9.17, 15) is 0 Å². The molecule has 0 heterocycles. The number of rotatable bonds is 17. The second kappa shape index (κ2) is 16.2. The van der Waals surface area contributed by atoms with Crippen molar-refractivity contribution in [1.82, 2.24) is 10.6 Å². The van der Waals surface area contributed by atoms with E-state index in [1.165, 1.54) is 61.6 Å². The van der Waals surface area contributed by atoms with Crippen LogP contribution in [0.15, 0.2) is 91.0 Å². The van der Waals surface area contributed by atoms with Crippen LogP contribution in [-0.2, 0) is 19.3 Å². The van der Waals surface area contributed by atoms with E-state index in [0.717, 1.165) is 32.6 Å². The molecule has 2 heteroatoms. The predicted molar refractivity (Wildman–Crippen MR) is 143 cm³/mol. The Morgan fingerprint density at radius 3 is 1.27 bits per heavy atom. The van der Waals surface area contributed by atoms with Crippen molar-refractivity contribution in [3.05, 3.63) is 108 Å². The van der Waals surface area contributed by atoms with Crippen LogP contribution in [0.1, 0.15) is 48.8 Å². The van der Waals surface area contributed by atoms with Crippen LogP contribution in [-0.4, -0.2) is 26.2 Å². The predicted octanol–water partition coefficient (Wildman–Crippen LogP) is 6.46. The normalized spacial score (nSPS) is 11.2. The van der Waals surface area contributed by atoms with Gasteiger partial charge in [0.05, 0.1) is 0 Å². The molecule has 0 bridgehead atoms. The summed E-state index contributed by atoms with van der Waals surface area (Å²) in [4.78, 5) is 0. The summed E-state index contributed by atoms with van der Waals surface area (Å²) < 4.78 is 0. The number of hydrogen-bond acceptors (Lipinski definition) is 2. The zero-order valence-corrected chi connectivity index (χ0v) is 20.2. The Balaban J connectivity index is 1.30. The highest BCUT2D eigenvalue weighted by Crippen LogP contribution is 2.10. The molecule has 0 aliphatic carbocycles. The average Bonchev–Trinajstić information content (AvgIpc) is 2.88. The van der Waals surface area contributed by atoms with Gasteiger partial charge in [0.2, 0.25) is 0 Å². The van der Waals surface area contributed by atoms with Gasteiger partial charge in [0.25, 0.3) is 0 Å². The van der Waals surface area contributed by atoms with Gasteiger partial charge in [-0.15, -0.1) is 0 Å². The van der Waals surface area contributed by atoms with Crippen molar-refractivity contribution < 1.29 is 0 Å². The van der Waals surface area contributed by atoms with E-state index in [-0.39, 0.29) is 0 Å². The molecule has 3 aromatic carbocycles. The van der Waals surface area contributed by atoms with Gasteiger partial charge < -0.3 is 10.6 Å². The molecule has 0 radical (unpaired) electrons. The molecule has 0 atom stereocenters. The van der Waals surface area contributed by atoms with Crippen LogP contribution < -0.4 is 10.6 Å². The molecule has 0 fully saturated rings. The standard InChI is InChI=1S/C31H42N2/c1-4-14-28(15-5-1)20-10-12-24-32-26-31(23-22-30-18-8-3-9-19-30)27-33-25-13-11-21-29-16-6-2-7-17-29/h1-9,14-19,31-33H,10-13,20-27H2. The second-order valence-electron chi connectivity index (χ2n) is 9.18. The lowest BCUT2D eigenvalue weighted by Gasteiger charge is -2.19. The summed E-state index contributed by atoms with van der Waals surface area (Å²) in [5, 5.41) is 7.48. The Morgan fingerprint density at radius 1 is 0.455 bits per heavy atom. The smallest absolute Gasteiger partial charge is 0.000827 e. The summed E-state index contributed by atoms with van der Waals surface area (Å²) in [6, 6.07) is 32.6. The zero-order chi connectivity index (χ0) is 22.8. The van der Waals surface area contributed by atoms with Crippen LogP contribution in [0.5, 0.6) is 0 Å². The van der Waals surface area contributed by atoms with Crippen LogP contribution in [0.25, 0.3) is 0 Å². The Bertz CT molecular complexity index is 781. The molecule has 176 valence electrons. The first-order valence-electron chi connectivity index (χ1n) is 12.9. The second-order valence-corrected chi connectivity index (χ2v) is 9.18. The van der Waals surface area contributed by atoms with Crippen molar-refractivity contribution >= 4 is 0 Å².